The number of alkyl carbamates (subject to hydrolysis) is 1. The van der Waals surface area contributed by atoms with Crippen molar-refractivity contribution >= 4 is 6.09 Å². The summed E-state index contributed by atoms with van der Waals surface area (Å²) in [6, 6.07) is 0. The van der Waals surface area contributed by atoms with Crippen LogP contribution in [0.25, 0.3) is 0 Å². The summed E-state index contributed by atoms with van der Waals surface area (Å²) in [6.45, 7) is 8.61. The van der Waals surface area contributed by atoms with E-state index in [2.05, 4.69) is 19.2 Å². The third-order valence-electron chi connectivity index (χ3n) is 3.23. The molecule has 2 atom stereocenters. The van der Waals surface area contributed by atoms with Gasteiger partial charge in [-0.15, -0.1) is 0 Å². The predicted octanol–water partition coefficient (Wildman–Crippen LogP) is 2.70. The van der Waals surface area contributed by atoms with E-state index < -0.39 is 11.7 Å². The first kappa shape index (κ1) is 16.2. The molecule has 1 amide bonds. The molecule has 2 unspecified atom stereocenters. The van der Waals surface area contributed by atoms with Crippen molar-refractivity contribution in [2.75, 3.05) is 13.2 Å². The molecule has 0 saturated heterocycles. The highest BCUT2D eigenvalue weighted by molar-refractivity contribution is 5.66. The molecule has 0 aliphatic heterocycles. The Bertz CT molecular complexity index is 217. The van der Waals surface area contributed by atoms with Crippen LogP contribution >= 0.6 is 0 Å². The quantitative estimate of drug-likeness (QED) is 0.691. The number of amides is 1. The van der Waals surface area contributed by atoms with E-state index in [1.165, 1.54) is 0 Å². The molecule has 17 heavy (non-hydrogen) atoms. The van der Waals surface area contributed by atoms with Crippen LogP contribution in [0.4, 0.5) is 4.79 Å². The molecule has 0 saturated carbocycles. The molecule has 0 aromatic carbocycles. The highest BCUT2D eigenvalue weighted by Gasteiger charge is 2.27. The molecule has 4 nitrogen and oxygen atoms in total. The van der Waals surface area contributed by atoms with Crippen molar-refractivity contribution in [3.05, 3.63) is 0 Å². The normalized spacial score (nSPS) is 16.1. The number of ether oxygens (including phenoxy) is 1. The number of aliphatic hydroxyl groups is 1. The highest BCUT2D eigenvalue weighted by atomic mass is 16.5. The smallest absolute Gasteiger partial charge is 0.407 e. The van der Waals surface area contributed by atoms with E-state index in [0.29, 0.717) is 19.6 Å². The second kappa shape index (κ2) is 8.34. The first-order valence-corrected chi connectivity index (χ1v) is 6.57. The minimum atomic E-state index is -0.728. The summed E-state index contributed by atoms with van der Waals surface area (Å²) in [5, 5.41) is 12.9. The largest absolute Gasteiger partial charge is 0.450 e. The Hall–Kier alpha value is -0.770. The molecular weight excluding hydrogens is 218 g/mol. The minimum absolute atomic E-state index is 0.242. The monoisotopic (exact) mass is 245 g/mol. The van der Waals surface area contributed by atoms with E-state index >= 15 is 0 Å². The first-order valence-electron chi connectivity index (χ1n) is 6.57. The van der Waals surface area contributed by atoms with E-state index in [9.17, 15) is 9.90 Å². The molecule has 0 spiro atoms. The molecule has 0 fully saturated rings. The summed E-state index contributed by atoms with van der Waals surface area (Å²) in [5.41, 5.74) is -0.728. The van der Waals surface area contributed by atoms with Crippen molar-refractivity contribution in [1.29, 1.82) is 0 Å². The summed E-state index contributed by atoms with van der Waals surface area (Å²) in [4.78, 5) is 11.1. The van der Waals surface area contributed by atoms with Crippen LogP contribution in [0.3, 0.4) is 0 Å². The van der Waals surface area contributed by atoms with Gasteiger partial charge in [0.05, 0.1) is 12.2 Å². The van der Waals surface area contributed by atoms with Gasteiger partial charge >= 0.3 is 6.09 Å². The maximum atomic E-state index is 11.1. The third-order valence-corrected chi connectivity index (χ3v) is 3.23. The SMILES string of the molecule is CCCCC(C)C(C)(O)CCNC(=O)OCC. The van der Waals surface area contributed by atoms with Gasteiger partial charge in [0.25, 0.3) is 0 Å². The zero-order chi connectivity index (χ0) is 13.3. The zero-order valence-electron chi connectivity index (χ0n) is 11.6. The Morgan fingerprint density at radius 1 is 1.47 bits per heavy atom. The van der Waals surface area contributed by atoms with Gasteiger partial charge in [-0.25, -0.2) is 4.79 Å². The lowest BCUT2D eigenvalue weighted by Gasteiger charge is -2.30. The number of unbranched alkanes of at least 4 members (excludes halogenated alkanes) is 1. The zero-order valence-corrected chi connectivity index (χ0v) is 11.6. The Labute approximate surface area is 105 Å². The number of carbonyl (C=O) groups excluding carboxylic acids is 1. The second-order valence-electron chi connectivity index (χ2n) is 4.80. The number of carbonyl (C=O) groups is 1. The maximum Gasteiger partial charge on any atom is 0.407 e. The molecule has 0 aliphatic rings. The molecular formula is C13H27NO3. The molecule has 2 N–H and O–H groups in total. The van der Waals surface area contributed by atoms with Crippen LogP contribution in [0.15, 0.2) is 0 Å². The van der Waals surface area contributed by atoms with Gasteiger partial charge in [0.15, 0.2) is 0 Å². The van der Waals surface area contributed by atoms with Crippen LogP contribution in [0.5, 0.6) is 0 Å². The Morgan fingerprint density at radius 2 is 2.12 bits per heavy atom. The van der Waals surface area contributed by atoms with Gasteiger partial charge in [0.1, 0.15) is 0 Å². The van der Waals surface area contributed by atoms with Crippen LogP contribution in [0.2, 0.25) is 0 Å². The van der Waals surface area contributed by atoms with Crippen molar-refractivity contribution in [1.82, 2.24) is 5.32 Å². The lowest BCUT2D eigenvalue weighted by molar-refractivity contribution is -0.00512. The Kier molecular flexibility index (Phi) is 7.96. The van der Waals surface area contributed by atoms with Crippen LogP contribution in [0, 0.1) is 5.92 Å². The van der Waals surface area contributed by atoms with E-state index in [-0.39, 0.29) is 5.92 Å². The summed E-state index contributed by atoms with van der Waals surface area (Å²) in [6.07, 6.45) is 3.42. The van der Waals surface area contributed by atoms with Crippen LogP contribution in [-0.4, -0.2) is 30.0 Å². The molecule has 0 aromatic rings. The van der Waals surface area contributed by atoms with Gasteiger partial charge in [-0.05, 0) is 32.6 Å². The first-order chi connectivity index (χ1) is 7.94. The topological polar surface area (TPSA) is 58.6 Å². The Morgan fingerprint density at radius 3 is 2.65 bits per heavy atom. The van der Waals surface area contributed by atoms with Crippen molar-refractivity contribution < 1.29 is 14.6 Å². The third kappa shape index (κ3) is 7.21. The average Bonchev–Trinajstić information content (AvgIpc) is 2.25. The summed E-state index contributed by atoms with van der Waals surface area (Å²) in [7, 11) is 0. The molecule has 0 radical (unpaired) electrons. The fraction of sp³-hybridized carbons (Fsp3) is 0.923. The number of hydrogen-bond donors (Lipinski definition) is 2. The Balaban J connectivity index is 3.87. The molecule has 0 bridgehead atoms. The molecule has 0 heterocycles. The standard InChI is InChI=1S/C13H27NO3/c1-5-7-8-11(3)13(4,16)9-10-14-12(15)17-6-2/h11,16H,5-10H2,1-4H3,(H,14,15). The van der Waals surface area contributed by atoms with Crippen LogP contribution < -0.4 is 5.32 Å². The van der Waals surface area contributed by atoms with E-state index in [1.54, 1.807) is 6.92 Å². The summed E-state index contributed by atoms with van der Waals surface area (Å²) in [5.74, 6) is 0.242. The van der Waals surface area contributed by atoms with Gasteiger partial charge in [-0.3, -0.25) is 0 Å². The fourth-order valence-corrected chi connectivity index (χ4v) is 1.67. The molecule has 0 aliphatic carbocycles. The highest BCUT2D eigenvalue weighted by Crippen LogP contribution is 2.25. The second-order valence-corrected chi connectivity index (χ2v) is 4.80. The van der Waals surface area contributed by atoms with Gasteiger partial charge < -0.3 is 15.2 Å². The van der Waals surface area contributed by atoms with Gasteiger partial charge in [-0.1, -0.05) is 26.7 Å². The summed E-state index contributed by atoms with van der Waals surface area (Å²) >= 11 is 0. The van der Waals surface area contributed by atoms with Crippen molar-refractivity contribution in [3.8, 4) is 0 Å². The van der Waals surface area contributed by atoms with Crippen LogP contribution in [-0.2, 0) is 4.74 Å². The van der Waals surface area contributed by atoms with Gasteiger partial charge in [0, 0.05) is 6.54 Å². The molecule has 102 valence electrons. The van der Waals surface area contributed by atoms with E-state index in [4.69, 9.17) is 4.74 Å². The van der Waals surface area contributed by atoms with E-state index in [1.807, 2.05) is 6.92 Å². The van der Waals surface area contributed by atoms with Crippen LogP contribution in [0.1, 0.15) is 53.4 Å². The fourth-order valence-electron chi connectivity index (χ4n) is 1.67. The lowest BCUT2D eigenvalue weighted by atomic mass is 9.84. The van der Waals surface area contributed by atoms with Crippen molar-refractivity contribution in [3.63, 3.8) is 0 Å². The number of rotatable bonds is 8. The lowest BCUT2D eigenvalue weighted by Crippen LogP contribution is -2.37. The predicted molar refractivity (Wildman–Crippen MR) is 69.0 cm³/mol. The average molecular weight is 245 g/mol. The molecule has 4 heteroatoms. The van der Waals surface area contributed by atoms with Gasteiger partial charge in [0.2, 0.25) is 0 Å². The molecule has 0 rings (SSSR count). The van der Waals surface area contributed by atoms with Crippen molar-refractivity contribution in [2.24, 2.45) is 5.92 Å². The van der Waals surface area contributed by atoms with E-state index in [0.717, 1.165) is 19.3 Å². The molecule has 0 aromatic heterocycles. The number of hydrogen-bond acceptors (Lipinski definition) is 3. The van der Waals surface area contributed by atoms with Gasteiger partial charge in [-0.2, -0.15) is 0 Å². The summed E-state index contributed by atoms with van der Waals surface area (Å²) < 4.78 is 4.75. The van der Waals surface area contributed by atoms with Crippen molar-refractivity contribution in [2.45, 2.75) is 59.0 Å². The number of nitrogens with one attached hydrogen (secondary N) is 1. The maximum absolute atomic E-state index is 11.1. The minimum Gasteiger partial charge on any atom is -0.450 e.